The molecule has 0 aliphatic carbocycles. The van der Waals surface area contributed by atoms with E-state index in [1.807, 2.05) is 0 Å². The van der Waals surface area contributed by atoms with Gasteiger partial charge in [0, 0.05) is 6.42 Å². The van der Waals surface area contributed by atoms with E-state index in [9.17, 15) is 30.3 Å². The number of rotatable bonds is 35. The molecule has 0 bridgehead atoms. The van der Waals surface area contributed by atoms with E-state index in [4.69, 9.17) is 9.47 Å². The molecule has 7 atom stereocenters. The average molecular weight is 728 g/mol. The highest BCUT2D eigenvalue weighted by atomic mass is 16.7. The summed E-state index contributed by atoms with van der Waals surface area (Å²) in [5, 5.41) is 54.2. The molecule has 0 saturated carbocycles. The van der Waals surface area contributed by atoms with E-state index in [1.54, 1.807) is 0 Å². The fourth-order valence-corrected chi connectivity index (χ4v) is 6.86. The van der Waals surface area contributed by atoms with E-state index in [2.05, 4.69) is 31.3 Å². The Morgan fingerprint density at radius 1 is 0.647 bits per heavy atom. The smallest absolute Gasteiger partial charge is 0.220 e. The maximum atomic E-state index is 12.9. The molecule has 1 heterocycles. The summed E-state index contributed by atoms with van der Waals surface area (Å²) in [6.07, 6.45) is 29.3. The minimum absolute atomic E-state index is 0.146. The van der Waals surface area contributed by atoms with Gasteiger partial charge in [0.2, 0.25) is 5.91 Å². The van der Waals surface area contributed by atoms with Crippen molar-refractivity contribution < 1.29 is 39.8 Å². The average Bonchev–Trinajstić information content (AvgIpc) is 3.13. The topological polar surface area (TPSA) is 149 Å². The fourth-order valence-electron chi connectivity index (χ4n) is 6.86. The van der Waals surface area contributed by atoms with Crippen molar-refractivity contribution in [1.82, 2.24) is 5.32 Å². The number of carbonyl (C=O) groups excluding carboxylic acids is 1. The molecule has 0 radical (unpaired) electrons. The molecule has 51 heavy (non-hydrogen) atoms. The number of nitrogens with one attached hydrogen (secondary N) is 1. The molecule has 1 fully saturated rings. The number of allylic oxidation sites excluding steroid dienone is 2. The van der Waals surface area contributed by atoms with Crippen LogP contribution in [0.4, 0.5) is 0 Å². The highest BCUT2D eigenvalue weighted by Crippen LogP contribution is 2.23. The second-order valence-electron chi connectivity index (χ2n) is 15.1. The number of ether oxygens (including phenoxy) is 2. The van der Waals surface area contributed by atoms with Gasteiger partial charge in [-0.1, -0.05) is 161 Å². The van der Waals surface area contributed by atoms with Crippen LogP contribution in [0.5, 0.6) is 0 Å². The van der Waals surface area contributed by atoms with Crippen LogP contribution in [0.2, 0.25) is 0 Å². The summed E-state index contributed by atoms with van der Waals surface area (Å²) in [7, 11) is 0. The molecule has 9 heteroatoms. The number of carbonyl (C=O) groups is 1. The first-order valence-electron chi connectivity index (χ1n) is 21.4. The van der Waals surface area contributed by atoms with E-state index in [0.717, 1.165) is 44.9 Å². The lowest BCUT2D eigenvalue weighted by Crippen LogP contribution is -2.60. The summed E-state index contributed by atoms with van der Waals surface area (Å²) in [5.74, 6) is -0.153. The van der Waals surface area contributed by atoms with E-state index >= 15 is 0 Å². The molecule has 1 rings (SSSR count). The molecule has 0 aromatic rings. The van der Waals surface area contributed by atoms with Gasteiger partial charge < -0.3 is 40.3 Å². The SMILES string of the molecule is CCCCCCCCCC/C=C/CCCC[C@@H](O)[C@H](CO[C@H]1O[C@@H](CO)[C@H](O)C(O)C1O)NC(=O)CCCCCCCCCCCCCCCC. The number of hydrogen-bond donors (Lipinski definition) is 6. The lowest BCUT2D eigenvalue weighted by molar-refractivity contribution is -0.302. The van der Waals surface area contributed by atoms with Crippen molar-refractivity contribution >= 4 is 5.91 Å². The number of amides is 1. The third-order valence-corrected chi connectivity index (χ3v) is 10.4. The molecule has 2 unspecified atom stereocenters. The van der Waals surface area contributed by atoms with Gasteiger partial charge in [-0.2, -0.15) is 0 Å². The molecule has 1 aliphatic heterocycles. The Labute approximate surface area is 312 Å². The van der Waals surface area contributed by atoms with Crippen LogP contribution in [0, 0.1) is 0 Å². The van der Waals surface area contributed by atoms with Crippen molar-refractivity contribution in [1.29, 1.82) is 0 Å². The second-order valence-corrected chi connectivity index (χ2v) is 15.1. The lowest BCUT2D eigenvalue weighted by Gasteiger charge is -2.40. The molecule has 1 amide bonds. The van der Waals surface area contributed by atoms with Gasteiger partial charge >= 0.3 is 0 Å². The van der Waals surface area contributed by atoms with Gasteiger partial charge in [0.05, 0.1) is 25.4 Å². The molecule has 0 aromatic carbocycles. The standard InChI is InChI=1S/C42H81NO8/c1-3-5-7-9-11-13-15-17-19-21-23-25-27-29-31-36(45)35(34-50-42-41(49)40(48)39(47)37(33-44)51-42)43-38(46)32-30-28-26-24-22-20-18-16-14-12-10-8-6-4-2/h21,23,35-37,39-42,44-45,47-49H,3-20,22,24-34H2,1-2H3,(H,43,46)/b23-21+/t35-,36+,37-,39-,40?,41?,42-/m0/s1. The molecule has 1 aliphatic rings. The number of hydrogen-bond acceptors (Lipinski definition) is 8. The fraction of sp³-hybridized carbons (Fsp3) is 0.929. The largest absolute Gasteiger partial charge is 0.394 e. The van der Waals surface area contributed by atoms with Crippen LogP contribution in [-0.2, 0) is 14.3 Å². The predicted octanol–water partition coefficient (Wildman–Crippen LogP) is 8.17. The van der Waals surface area contributed by atoms with Gasteiger partial charge in [-0.3, -0.25) is 4.79 Å². The third-order valence-electron chi connectivity index (χ3n) is 10.4. The number of aliphatic hydroxyl groups excluding tert-OH is 5. The number of unbranched alkanes of at least 4 members (excludes halogenated alkanes) is 23. The van der Waals surface area contributed by atoms with Gasteiger partial charge in [-0.05, 0) is 38.5 Å². The van der Waals surface area contributed by atoms with Crippen LogP contribution in [0.15, 0.2) is 12.2 Å². The molecule has 302 valence electrons. The van der Waals surface area contributed by atoms with Gasteiger partial charge in [-0.25, -0.2) is 0 Å². The van der Waals surface area contributed by atoms with Crippen molar-refractivity contribution in [3.63, 3.8) is 0 Å². The Kier molecular flexibility index (Phi) is 31.5. The highest BCUT2D eigenvalue weighted by molar-refractivity contribution is 5.76. The van der Waals surface area contributed by atoms with Crippen molar-refractivity contribution in [3.8, 4) is 0 Å². The maximum absolute atomic E-state index is 12.9. The van der Waals surface area contributed by atoms with Crippen molar-refractivity contribution in [2.24, 2.45) is 0 Å². The van der Waals surface area contributed by atoms with Crippen molar-refractivity contribution in [2.45, 2.75) is 236 Å². The predicted molar refractivity (Wildman–Crippen MR) is 207 cm³/mol. The molecule has 9 nitrogen and oxygen atoms in total. The van der Waals surface area contributed by atoms with E-state index < -0.39 is 49.5 Å². The van der Waals surface area contributed by atoms with Crippen LogP contribution >= 0.6 is 0 Å². The van der Waals surface area contributed by atoms with E-state index in [1.165, 1.54) is 122 Å². The molecular weight excluding hydrogens is 646 g/mol. The Morgan fingerprint density at radius 3 is 1.59 bits per heavy atom. The Morgan fingerprint density at radius 2 is 1.10 bits per heavy atom. The Hall–Kier alpha value is -1.07. The van der Waals surface area contributed by atoms with Gasteiger partial charge in [-0.15, -0.1) is 0 Å². The quantitative estimate of drug-likeness (QED) is 0.0283. The number of aliphatic hydroxyl groups is 5. The van der Waals surface area contributed by atoms with Crippen LogP contribution in [-0.4, -0.2) is 87.5 Å². The zero-order valence-corrected chi connectivity index (χ0v) is 32.9. The Bertz CT molecular complexity index is 812. The molecule has 0 aromatic heterocycles. The monoisotopic (exact) mass is 728 g/mol. The van der Waals surface area contributed by atoms with Crippen LogP contribution in [0.1, 0.15) is 194 Å². The highest BCUT2D eigenvalue weighted by Gasteiger charge is 2.44. The Balaban J connectivity index is 2.39. The summed E-state index contributed by atoms with van der Waals surface area (Å²) >= 11 is 0. The van der Waals surface area contributed by atoms with Crippen molar-refractivity contribution in [2.75, 3.05) is 13.2 Å². The zero-order chi connectivity index (χ0) is 37.4. The molecular formula is C42H81NO8. The molecule has 0 spiro atoms. The third kappa shape index (κ3) is 24.8. The normalized spacial score (nSPS) is 22.1. The molecule has 1 saturated heterocycles. The summed E-state index contributed by atoms with van der Waals surface area (Å²) in [6.45, 7) is 3.80. The first-order chi connectivity index (χ1) is 24.8. The summed E-state index contributed by atoms with van der Waals surface area (Å²) in [5.41, 5.74) is 0. The minimum atomic E-state index is -1.55. The van der Waals surface area contributed by atoms with E-state index in [0.29, 0.717) is 12.8 Å². The van der Waals surface area contributed by atoms with Gasteiger partial charge in [0.1, 0.15) is 24.4 Å². The van der Waals surface area contributed by atoms with Crippen LogP contribution in [0.25, 0.3) is 0 Å². The summed E-state index contributed by atoms with van der Waals surface area (Å²) in [6, 6.07) is -0.728. The summed E-state index contributed by atoms with van der Waals surface area (Å²) < 4.78 is 11.2. The van der Waals surface area contributed by atoms with Gasteiger partial charge in [0.25, 0.3) is 0 Å². The van der Waals surface area contributed by atoms with Crippen LogP contribution < -0.4 is 5.32 Å². The molecule has 6 N–H and O–H groups in total. The first kappa shape index (κ1) is 48.0. The minimum Gasteiger partial charge on any atom is -0.394 e. The zero-order valence-electron chi connectivity index (χ0n) is 32.9. The lowest BCUT2D eigenvalue weighted by atomic mass is 9.99. The van der Waals surface area contributed by atoms with Crippen LogP contribution in [0.3, 0.4) is 0 Å². The second kappa shape index (κ2) is 33.5. The summed E-state index contributed by atoms with van der Waals surface area (Å²) in [4.78, 5) is 12.9. The van der Waals surface area contributed by atoms with E-state index in [-0.39, 0.29) is 12.5 Å². The first-order valence-corrected chi connectivity index (χ1v) is 21.4. The van der Waals surface area contributed by atoms with Crippen molar-refractivity contribution in [3.05, 3.63) is 12.2 Å². The van der Waals surface area contributed by atoms with Gasteiger partial charge in [0.15, 0.2) is 6.29 Å². The maximum Gasteiger partial charge on any atom is 0.220 e.